The lowest BCUT2D eigenvalue weighted by Crippen LogP contribution is -2.19. The van der Waals surface area contributed by atoms with Crippen LogP contribution in [0.3, 0.4) is 0 Å². The van der Waals surface area contributed by atoms with Crippen LogP contribution in [0.4, 0.5) is 14.5 Å². The number of hydrogen-bond acceptors (Lipinski definition) is 4. The first kappa shape index (κ1) is 18.7. The second kappa shape index (κ2) is 8.46. The van der Waals surface area contributed by atoms with Gasteiger partial charge in [0.2, 0.25) is 0 Å². The van der Waals surface area contributed by atoms with E-state index < -0.39 is 11.6 Å². The zero-order valence-electron chi connectivity index (χ0n) is 14.1. The Morgan fingerprint density at radius 3 is 2.54 bits per heavy atom. The average molecular weight is 352 g/mol. The Morgan fingerprint density at radius 1 is 1.08 bits per heavy atom. The maximum Gasteiger partial charge on any atom is 0.153 e. The number of hydrazine groups is 1. The number of hydrogen-bond donors (Lipinski definition) is 2. The molecule has 0 radical (unpaired) electrons. The van der Waals surface area contributed by atoms with E-state index in [9.17, 15) is 14.0 Å². The molecule has 1 aliphatic carbocycles. The summed E-state index contributed by atoms with van der Waals surface area (Å²) in [5.74, 6) is -1.33. The Morgan fingerprint density at radius 2 is 1.79 bits per heavy atom. The summed E-state index contributed by atoms with van der Waals surface area (Å²) in [7, 11) is 0. The minimum atomic E-state index is -0.714. The molecule has 1 aliphatic rings. The molecule has 3 rings (SSSR count). The number of nitrogens with one attached hydrogen (secondary N) is 1. The lowest BCUT2D eigenvalue weighted by molar-refractivity contribution is 0.0433. The fourth-order valence-corrected chi connectivity index (χ4v) is 3.25. The molecular formula is C18H22F2N2OS. The molecule has 2 aromatic carbocycles. The zero-order chi connectivity index (χ0) is 17.7. The highest BCUT2D eigenvalue weighted by molar-refractivity contribution is 7.97. The molecule has 0 heterocycles. The van der Waals surface area contributed by atoms with E-state index in [1.54, 1.807) is 0 Å². The molecule has 0 spiro atoms. The molecule has 0 aliphatic heterocycles. The van der Waals surface area contributed by atoms with E-state index in [2.05, 4.69) is 11.5 Å². The fraction of sp³-hybridized carbons (Fsp3) is 0.333. The molecule has 0 saturated heterocycles. The smallest absolute Gasteiger partial charge is 0.153 e. The van der Waals surface area contributed by atoms with Crippen LogP contribution in [0.15, 0.2) is 35.2 Å². The molecular weight excluding hydrogens is 330 g/mol. The summed E-state index contributed by atoms with van der Waals surface area (Å²) >= 11 is 1.04. The SMILES string of the molecule is CC.Cc1c(F)ccc(NN(O)Sc2ccc3c(c2)CCC3)c1F. The molecule has 0 atom stereocenters. The Labute approximate surface area is 145 Å². The first-order valence-corrected chi connectivity index (χ1v) is 8.82. The first-order chi connectivity index (χ1) is 11.5. The largest absolute Gasteiger partial charge is 0.285 e. The van der Waals surface area contributed by atoms with Crippen LogP contribution >= 0.6 is 11.9 Å². The van der Waals surface area contributed by atoms with Crippen LogP contribution in [0.1, 0.15) is 37.0 Å². The van der Waals surface area contributed by atoms with Crippen LogP contribution in [0.25, 0.3) is 0 Å². The summed E-state index contributed by atoms with van der Waals surface area (Å²) in [5.41, 5.74) is 5.09. The lowest BCUT2D eigenvalue weighted by atomic mass is 10.1. The van der Waals surface area contributed by atoms with Gasteiger partial charge in [0.1, 0.15) is 5.82 Å². The van der Waals surface area contributed by atoms with Crippen LogP contribution in [-0.4, -0.2) is 9.78 Å². The quantitative estimate of drug-likeness (QED) is 0.561. The van der Waals surface area contributed by atoms with Gasteiger partial charge < -0.3 is 0 Å². The van der Waals surface area contributed by atoms with Crippen molar-refractivity contribution in [1.29, 1.82) is 0 Å². The van der Waals surface area contributed by atoms with Gasteiger partial charge in [0.15, 0.2) is 5.82 Å². The molecule has 2 aromatic rings. The van der Waals surface area contributed by atoms with Crippen molar-refractivity contribution < 1.29 is 14.0 Å². The predicted molar refractivity (Wildman–Crippen MR) is 94.0 cm³/mol. The van der Waals surface area contributed by atoms with Crippen molar-refractivity contribution in [2.24, 2.45) is 0 Å². The van der Waals surface area contributed by atoms with Gasteiger partial charge >= 0.3 is 0 Å². The highest BCUT2D eigenvalue weighted by atomic mass is 32.2. The number of anilines is 1. The van der Waals surface area contributed by atoms with Gasteiger partial charge in [-0.3, -0.25) is 10.6 Å². The summed E-state index contributed by atoms with van der Waals surface area (Å²) in [4.78, 5) is 0.856. The molecule has 0 aromatic heterocycles. The van der Waals surface area contributed by atoms with Gasteiger partial charge in [-0.05, 0) is 66.2 Å². The standard InChI is InChI=1S/C16H16F2N2OS.C2H6/c1-10-14(17)7-8-15(16(10)18)19-20(21)22-13-6-5-11-3-2-4-12(11)9-13;1-2/h5-9,19,21H,2-4H2,1H3;1-2H3. The third kappa shape index (κ3) is 4.26. The van der Waals surface area contributed by atoms with Gasteiger partial charge in [0, 0.05) is 22.4 Å². The second-order valence-corrected chi connectivity index (χ2v) is 6.29. The zero-order valence-corrected chi connectivity index (χ0v) is 14.9. The normalized spacial score (nSPS) is 12.6. The van der Waals surface area contributed by atoms with Gasteiger partial charge in [-0.15, -0.1) is 0 Å². The number of aryl methyl sites for hydroxylation is 2. The van der Waals surface area contributed by atoms with Crippen molar-refractivity contribution in [2.45, 2.75) is 44.9 Å². The summed E-state index contributed by atoms with van der Waals surface area (Å²) in [5, 5.41) is 9.91. The van der Waals surface area contributed by atoms with E-state index in [0.29, 0.717) is 0 Å². The number of rotatable bonds is 4. The second-order valence-electron chi connectivity index (χ2n) is 5.29. The third-order valence-corrected chi connectivity index (χ3v) is 4.53. The highest BCUT2D eigenvalue weighted by Gasteiger charge is 2.14. The van der Waals surface area contributed by atoms with Gasteiger partial charge in [-0.2, -0.15) is 0 Å². The molecule has 2 N–H and O–H groups in total. The molecule has 0 saturated carbocycles. The lowest BCUT2D eigenvalue weighted by Gasteiger charge is -2.17. The predicted octanol–water partition coefficient (Wildman–Crippen LogP) is 5.51. The third-order valence-electron chi connectivity index (χ3n) is 3.80. The Kier molecular flexibility index (Phi) is 6.60. The Balaban J connectivity index is 0.00000100. The summed E-state index contributed by atoms with van der Waals surface area (Å²) in [6, 6.07) is 8.43. The van der Waals surface area contributed by atoms with Crippen molar-refractivity contribution in [1.82, 2.24) is 4.58 Å². The van der Waals surface area contributed by atoms with E-state index in [-0.39, 0.29) is 11.3 Å². The van der Waals surface area contributed by atoms with Crippen LogP contribution in [0, 0.1) is 18.6 Å². The number of benzene rings is 2. The van der Waals surface area contributed by atoms with Gasteiger partial charge in [-0.25, -0.2) is 8.78 Å². The van der Waals surface area contributed by atoms with E-state index in [0.717, 1.165) is 46.7 Å². The maximum atomic E-state index is 13.9. The molecule has 0 fully saturated rings. The number of halogens is 2. The maximum absolute atomic E-state index is 13.9. The summed E-state index contributed by atoms with van der Waals surface area (Å²) in [6.07, 6.45) is 3.31. The van der Waals surface area contributed by atoms with Crippen molar-refractivity contribution in [3.05, 3.63) is 58.7 Å². The molecule has 130 valence electrons. The van der Waals surface area contributed by atoms with E-state index >= 15 is 0 Å². The molecule has 0 bridgehead atoms. The average Bonchev–Trinajstić information content (AvgIpc) is 3.05. The van der Waals surface area contributed by atoms with Crippen LogP contribution in [0.5, 0.6) is 0 Å². The Hall–Kier alpha value is -1.63. The minimum Gasteiger partial charge on any atom is -0.285 e. The minimum absolute atomic E-state index is 0.0232. The molecule has 0 unspecified atom stereocenters. The molecule has 3 nitrogen and oxygen atoms in total. The van der Waals surface area contributed by atoms with Crippen LogP contribution in [-0.2, 0) is 12.8 Å². The monoisotopic (exact) mass is 352 g/mol. The first-order valence-electron chi connectivity index (χ1n) is 8.04. The molecule has 0 amide bonds. The Bertz CT molecular complexity index is 710. The number of nitrogens with zero attached hydrogens (tertiary/aromatic N) is 1. The van der Waals surface area contributed by atoms with Crippen molar-refractivity contribution in [2.75, 3.05) is 5.43 Å². The van der Waals surface area contributed by atoms with Gasteiger partial charge in [-0.1, -0.05) is 19.9 Å². The highest BCUT2D eigenvalue weighted by Crippen LogP contribution is 2.29. The van der Waals surface area contributed by atoms with Crippen LogP contribution < -0.4 is 5.43 Å². The van der Waals surface area contributed by atoms with E-state index in [1.807, 2.05) is 26.0 Å². The van der Waals surface area contributed by atoms with Crippen molar-refractivity contribution in [3.63, 3.8) is 0 Å². The summed E-state index contributed by atoms with van der Waals surface area (Å²) < 4.78 is 27.8. The van der Waals surface area contributed by atoms with E-state index in [1.165, 1.54) is 24.1 Å². The van der Waals surface area contributed by atoms with Gasteiger partial charge in [0.05, 0.1) is 5.69 Å². The van der Waals surface area contributed by atoms with Gasteiger partial charge in [0.25, 0.3) is 0 Å². The van der Waals surface area contributed by atoms with E-state index in [4.69, 9.17) is 0 Å². The van der Waals surface area contributed by atoms with Crippen molar-refractivity contribution >= 4 is 17.6 Å². The van der Waals surface area contributed by atoms with Crippen LogP contribution in [0.2, 0.25) is 0 Å². The topological polar surface area (TPSA) is 35.5 Å². The number of fused-ring (bicyclic) bond motifs is 1. The molecule has 24 heavy (non-hydrogen) atoms. The van der Waals surface area contributed by atoms with Crippen molar-refractivity contribution in [3.8, 4) is 0 Å². The fourth-order valence-electron chi connectivity index (χ4n) is 2.58. The molecule has 6 heteroatoms. The summed E-state index contributed by atoms with van der Waals surface area (Å²) in [6.45, 7) is 5.35.